The van der Waals surface area contributed by atoms with Crippen molar-refractivity contribution in [3.63, 3.8) is 0 Å². The van der Waals surface area contributed by atoms with Crippen LogP contribution in [0.25, 0.3) is 0 Å². The van der Waals surface area contributed by atoms with Crippen molar-refractivity contribution in [3.05, 3.63) is 95.8 Å². The topological polar surface area (TPSA) is 50.1 Å². The molecule has 0 spiro atoms. The van der Waals surface area contributed by atoms with Gasteiger partial charge in [0.1, 0.15) is 0 Å². The highest BCUT2D eigenvalue weighted by molar-refractivity contribution is 6.08. The molecule has 1 N–H and O–H groups in total. The zero-order chi connectivity index (χ0) is 17.6. The highest BCUT2D eigenvalue weighted by Crippen LogP contribution is 2.12. The number of pyridine rings is 1. The zero-order valence-corrected chi connectivity index (χ0v) is 14.0. The summed E-state index contributed by atoms with van der Waals surface area (Å²) in [5, 5.41) is 2.90. The van der Waals surface area contributed by atoms with Crippen molar-refractivity contribution in [1.82, 2.24) is 0 Å². The van der Waals surface area contributed by atoms with Crippen molar-refractivity contribution in [3.8, 4) is 0 Å². The Balaban J connectivity index is 1.66. The number of nitrogens with one attached hydrogen (secondary N) is 1. The van der Waals surface area contributed by atoms with Gasteiger partial charge in [-0.2, -0.15) is 4.57 Å². The lowest BCUT2D eigenvalue weighted by Gasteiger charge is -2.06. The summed E-state index contributed by atoms with van der Waals surface area (Å²) in [6.45, 7) is 2.14. The van der Waals surface area contributed by atoms with E-state index in [1.54, 1.807) is 41.2 Å². The minimum Gasteiger partial charge on any atom is -0.320 e. The maximum atomic E-state index is 12.4. The summed E-state index contributed by atoms with van der Waals surface area (Å²) in [7, 11) is 0. The van der Waals surface area contributed by atoms with E-state index in [-0.39, 0.29) is 18.2 Å². The number of carbonyl (C=O) groups excluding carboxylic acids is 2. The van der Waals surface area contributed by atoms with Crippen molar-refractivity contribution in [1.29, 1.82) is 0 Å². The molecule has 0 unspecified atom stereocenters. The summed E-state index contributed by atoms with van der Waals surface area (Å²) in [5.74, 6) is -0.140. The molecule has 3 aromatic rings. The standard InChI is InChI=1S/C21H18N2O2/c1-16-7-5-6-10-19(16)22-20(24)15-23-13-11-18(12-14-23)21(25)17-8-3-2-4-9-17/h2-14H,15H2,1H3/p+1. The third kappa shape index (κ3) is 4.18. The highest BCUT2D eigenvalue weighted by Gasteiger charge is 2.13. The fourth-order valence-electron chi connectivity index (χ4n) is 2.54. The minimum absolute atomic E-state index is 0.0305. The Labute approximate surface area is 146 Å². The van der Waals surface area contributed by atoms with E-state index in [2.05, 4.69) is 5.32 Å². The maximum absolute atomic E-state index is 12.4. The molecule has 0 fully saturated rings. The van der Waals surface area contributed by atoms with Gasteiger partial charge in [-0.3, -0.25) is 9.59 Å². The Morgan fingerprint density at radius 1 is 0.840 bits per heavy atom. The van der Waals surface area contributed by atoms with E-state index in [9.17, 15) is 9.59 Å². The SMILES string of the molecule is Cc1ccccc1NC(=O)C[n+]1ccc(C(=O)c2ccccc2)cc1. The molecule has 0 atom stereocenters. The van der Waals surface area contributed by atoms with Crippen LogP contribution in [0.15, 0.2) is 79.1 Å². The van der Waals surface area contributed by atoms with Crippen LogP contribution in [-0.2, 0) is 11.3 Å². The number of amides is 1. The van der Waals surface area contributed by atoms with Crippen LogP contribution in [0.5, 0.6) is 0 Å². The molecule has 124 valence electrons. The third-order valence-corrected chi connectivity index (χ3v) is 3.93. The molecule has 2 aromatic carbocycles. The van der Waals surface area contributed by atoms with E-state index in [0.29, 0.717) is 11.1 Å². The van der Waals surface area contributed by atoms with Crippen LogP contribution >= 0.6 is 0 Å². The van der Waals surface area contributed by atoms with Gasteiger partial charge in [0.25, 0.3) is 5.91 Å². The monoisotopic (exact) mass is 331 g/mol. The van der Waals surface area contributed by atoms with Gasteiger partial charge < -0.3 is 5.32 Å². The maximum Gasteiger partial charge on any atom is 0.290 e. The molecular weight excluding hydrogens is 312 g/mol. The first-order chi connectivity index (χ1) is 12.1. The molecule has 4 heteroatoms. The molecule has 0 aliphatic rings. The molecule has 4 nitrogen and oxygen atoms in total. The summed E-state index contributed by atoms with van der Waals surface area (Å²) in [6.07, 6.45) is 3.49. The molecule has 3 rings (SSSR count). The molecule has 0 bridgehead atoms. The molecule has 25 heavy (non-hydrogen) atoms. The highest BCUT2D eigenvalue weighted by atomic mass is 16.2. The van der Waals surface area contributed by atoms with Crippen LogP contribution in [0.3, 0.4) is 0 Å². The molecule has 1 aromatic heterocycles. The number of para-hydroxylation sites is 1. The van der Waals surface area contributed by atoms with Crippen molar-refractivity contribution in [2.75, 3.05) is 5.32 Å². The van der Waals surface area contributed by atoms with Crippen molar-refractivity contribution in [2.24, 2.45) is 0 Å². The van der Waals surface area contributed by atoms with Crippen LogP contribution in [0, 0.1) is 6.92 Å². The Bertz CT molecular complexity index is 887. The van der Waals surface area contributed by atoms with Gasteiger partial charge in [0, 0.05) is 28.9 Å². The zero-order valence-electron chi connectivity index (χ0n) is 14.0. The predicted octanol–water partition coefficient (Wildman–Crippen LogP) is 3.15. The van der Waals surface area contributed by atoms with Crippen molar-refractivity contribution < 1.29 is 14.2 Å². The number of hydrogen-bond acceptors (Lipinski definition) is 2. The third-order valence-electron chi connectivity index (χ3n) is 3.93. The van der Waals surface area contributed by atoms with E-state index in [1.807, 2.05) is 49.4 Å². The van der Waals surface area contributed by atoms with E-state index >= 15 is 0 Å². The summed E-state index contributed by atoms with van der Waals surface area (Å²) < 4.78 is 1.75. The Morgan fingerprint density at radius 3 is 2.12 bits per heavy atom. The van der Waals surface area contributed by atoms with Gasteiger partial charge in [-0.15, -0.1) is 0 Å². The second kappa shape index (κ2) is 7.53. The van der Waals surface area contributed by atoms with Crippen molar-refractivity contribution >= 4 is 17.4 Å². The summed E-state index contributed by atoms with van der Waals surface area (Å²) in [4.78, 5) is 24.5. The van der Waals surface area contributed by atoms with Gasteiger partial charge in [-0.05, 0) is 18.6 Å². The number of ketones is 1. The van der Waals surface area contributed by atoms with Crippen molar-refractivity contribution in [2.45, 2.75) is 13.5 Å². The van der Waals surface area contributed by atoms with Gasteiger partial charge in [0.15, 0.2) is 18.2 Å². The number of aromatic nitrogens is 1. The van der Waals surface area contributed by atoms with Crippen LogP contribution in [0.2, 0.25) is 0 Å². The number of carbonyl (C=O) groups is 2. The van der Waals surface area contributed by atoms with Gasteiger partial charge in [0.2, 0.25) is 6.54 Å². The van der Waals surface area contributed by atoms with E-state index < -0.39 is 0 Å². The number of nitrogens with zero attached hydrogens (tertiary/aromatic N) is 1. The van der Waals surface area contributed by atoms with Gasteiger partial charge in [-0.25, -0.2) is 0 Å². The predicted molar refractivity (Wildman–Crippen MR) is 96.3 cm³/mol. The quantitative estimate of drug-likeness (QED) is 0.577. The smallest absolute Gasteiger partial charge is 0.290 e. The Hall–Kier alpha value is -3.27. The van der Waals surface area contributed by atoms with E-state index in [1.165, 1.54) is 0 Å². The average Bonchev–Trinajstić information content (AvgIpc) is 2.64. The fraction of sp³-hybridized carbons (Fsp3) is 0.0952. The summed E-state index contributed by atoms with van der Waals surface area (Å²) in [5.41, 5.74) is 3.08. The van der Waals surface area contributed by atoms with Gasteiger partial charge >= 0.3 is 0 Å². The first kappa shape index (κ1) is 16.6. The lowest BCUT2D eigenvalue weighted by atomic mass is 10.0. The van der Waals surface area contributed by atoms with Gasteiger partial charge in [0.05, 0.1) is 0 Å². The van der Waals surface area contributed by atoms with E-state index in [4.69, 9.17) is 0 Å². The van der Waals surface area contributed by atoms with Crippen LogP contribution < -0.4 is 9.88 Å². The number of hydrogen-bond donors (Lipinski definition) is 1. The van der Waals surface area contributed by atoms with E-state index in [0.717, 1.165) is 11.3 Å². The molecule has 0 saturated carbocycles. The Kier molecular flexibility index (Phi) is 5.00. The minimum atomic E-state index is -0.110. The molecule has 1 heterocycles. The second-order valence-electron chi connectivity index (χ2n) is 5.82. The number of anilines is 1. The summed E-state index contributed by atoms with van der Waals surface area (Å²) in [6, 6.07) is 20.3. The Morgan fingerprint density at radius 2 is 1.44 bits per heavy atom. The molecule has 0 aliphatic carbocycles. The molecule has 0 aliphatic heterocycles. The number of aryl methyl sites for hydroxylation is 1. The molecule has 0 radical (unpaired) electrons. The van der Waals surface area contributed by atoms with Gasteiger partial charge in [-0.1, -0.05) is 48.5 Å². The summed E-state index contributed by atoms with van der Waals surface area (Å²) >= 11 is 0. The fourth-order valence-corrected chi connectivity index (χ4v) is 2.54. The molecule has 0 saturated heterocycles. The van der Waals surface area contributed by atoms with Crippen LogP contribution in [0.1, 0.15) is 21.5 Å². The first-order valence-electron chi connectivity index (χ1n) is 8.08. The molecular formula is C21H19N2O2+. The number of rotatable bonds is 5. The lowest BCUT2D eigenvalue weighted by molar-refractivity contribution is -0.684. The average molecular weight is 331 g/mol. The lowest BCUT2D eigenvalue weighted by Crippen LogP contribution is -2.39. The first-order valence-corrected chi connectivity index (χ1v) is 8.08. The van der Waals surface area contributed by atoms with Crippen LogP contribution in [0.4, 0.5) is 5.69 Å². The number of benzene rings is 2. The largest absolute Gasteiger partial charge is 0.320 e. The normalized spacial score (nSPS) is 10.3. The van der Waals surface area contributed by atoms with Crippen LogP contribution in [-0.4, -0.2) is 11.7 Å². The molecule has 1 amide bonds. The second-order valence-corrected chi connectivity index (χ2v) is 5.82.